The predicted molar refractivity (Wildman–Crippen MR) is 47.9 cm³/mol. The fourth-order valence-corrected chi connectivity index (χ4v) is 0.795. The van der Waals surface area contributed by atoms with Gasteiger partial charge in [-0.25, -0.2) is 0 Å². The van der Waals surface area contributed by atoms with E-state index in [1.165, 1.54) is 19.9 Å². The Bertz CT molecular complexity index is 266. The van der Waals surface area contributed by atoms with Crippen molar-refractivity contribution in [2.75, 3.05) is 0 Å². The van der Waals surface area contributed by atoms with Crippen LogP contribution in [-0.4, -0.2) is 17.5 Å². The maximum Gasteiger partial charge on any atom is 0.244 e. The first-order valence-electron chi connectivity index (χ1n) is 3.91. The van der Waals surface area contributed by atoms with Crippen molar-refractivity contribution in [2.24, 2.45) is 5.73 Å². The highest BCUT2D eigenvalue weighted by molar-refractivity contribution is 5.98. The van der Waals surface area contributed by atoms with E-state index in [4.69, 9.17) is 5.73 Å². The van der Waals surface area contributed by atoms with E-state index in [1.54, 1.807) is 0 Å². The molecule has 0 aromatic rings. The molecule has 0 saturated carbocycles. The summed E-state index contributed by atoms with van der Waals surface area (Å²) in [5.74, 6) is -0.854. The summed E-state index contributed by atoms with van der Waals surface area (Å²) >= 11 is 0. The largest absolute Gasteiger partial charge is 0.366 e. The molecule has 0 saturated heterocycles. The number of allylic oxidation sites excluding steroid dienone is 1. The van der Waals surface area contributed by atoms with E-state index in [-0.39, 0.29) is 30.0 Å². The molecule has 1 amide bonds. The van der Waals surface area contributed by atoms with Crippen LogP contribution in [0.4, 0.5) is 0 Å². The van der Waals surface area contributed by atoms with Gasteiger partial charge in [0.1, 0.15) is 11.6 Å². The average molecular weight is 183 g/mol. The summed E-state index contributed by atoms with van der Waals surface area (Å²) in [5, 5.41) is 0. The van der Waals surface area contributed by atoms with E-state index in [0.29, 0.717) is 0 Å². The molecule has 0 fully saturated rings. The molecule has 0 bridgehead atoms. The number of primary amides is 1. The molecule has 4 nitrogen and oxygen atoms in total. The third-order valence-electron chi connectivity index (χ3n) is 1.39. The quantitative estimate of drug-likeness (QED) is 0.625. The van der Waals surface area contributed by atoms with Gasteiger partial charge in [-0.3, -0.25) is 14.4 Å². The van der Waals surface area contributed by atoms with Crippen molar-refractivity contribution >= 4 is 17.5 Å². The molecule has 0 aromatic heterocycles. The molecule has 72 valence electrons. The highest BCUT2D eigenvalue weighted by Crippen LogP contribution is 2.03. The van der Waals surface area contributed by atoms with Gasteiger partial charge in [0.25, 0.3) is 0 Å². The molecule has 2 N–H and O–H groups in total. The maximum atomic E-state index is 10.7. The second kappa shape index (κ2) is 5.24. The highest BCUT2D eigenvalue weighted by Gasteiger charge is 2.07. The Hall–Kier alpha value is -1.45. The number of nitrogens with two attached hydrogens (primary N) is 1. The second-order valence-corrected chi connectivity index (χ2v) is 2.88. The van der Waals surface area contributed by atoms with Gasteiger partial charge in [-0.05, 0) is 13.8 Å². The predicted octanol–water partition coefficient (Wildman–Crippen LogP) is 0.356. The lowest BCUT2D eigenvalue weighted by Gasteiger charge is -1.98. The molecular weight excluding hydrogens is 170 g/mol. The summed E-state index contributed by atoms with van der Waals surface area (Å²) in [6.07, 6.45) is 1.56. The Morgan fingerprint density at radius 1 is 1.15 bits per heavy atom. The fourth-order valence-electron chi connectivity index (χ4n) is 0.795. The van der Waals surface area contributed by atoms with E-state index in [2.05, 4.69) is 0 Å². The summed E-state index contributed by atoms with van der Waals surface area (Å²) in [6, 6.07) is 0. The first-order chi connectivity index (χ1) is 5.93. The Kier molecular flexibility index (Phi) is 4.66. The van der Waals surface area contributed by atoms with Gasteiger partial charge in [-0.1, -0.05) is 6.08 Å². The van der Waals surface area contributed by atoms with E-state index in [0.717, 1.165) is 0 Å². The van der Waals surface area contributed by atoms with Crippen LogP contribution in [0.15, 0.2) is 11.6 Å². The van der Waals surface area contributed by atoms with Crippen LogP contribution in [0.25, 0.3) is 0 Å². The lowest BCUT2D eigenvalue weighted by Crippen LogP contribution is -2.16. The Balaban J connectivity index is 4.41. The lowest BCUT2D eigenvalue weighted by atomic mass is 10.1. The van der Waals surface area contributed by atoms with Crippen LogP contribution in [0.1, 0.15) is 26.7 Å². The zero-order valence-corrected chi connectivity index (χ0v) is 7.79. The molecule has 0 radical (unpaired) electrons. The van der Waals surface area contributed by atoms with Crippen molar-refractivity contribution in [2.45, 2.75) is 26.7 Å². The van der Waals surface area contributed by atoms with E-state index >= 15 is 0 Å². The summed E-state index contributed by atoms with van der Waals surface area (Å²) in [7, 11) is 0. The zero-order valence-electron chi connectivity index (χ0n) is 7.79. The first-order valence-corrected chi connectivity index (χ1v) is 3.91. The van der Waals surface area contributed by atoms with Gasteiger partial charge in [0, 0.05) is 18.4 Å². The molecule has 0 aliphatic carbocycles. The number of hydrogen-bond donors (Lipinski definition) is 1. The number of ketones is 2. The summed E-state index contributed by atoms with van der Waals surface area (Å²) < 4.78 is 0. The second-order valence-electron chi connectivity index (χ2n) is 2.88. The topological polar surface area (TPSA) is 77.2 Å². The monoisotopic (exact) mass is 183 g/mol. The van der Waals surface area contributed by atoms with E-state index in [1.807, 2.05) is 0 Å². The number of Topliss-reactive ketones (excluding diaryl/α,β-unsaturated/α-hetero) is 2. The van der Waals surface area contributed by atoms with Gasteiger partial charge in [-0.2, -0.15) is 0 Å². The van der Waals surface area contributed by atoms with E-state index in [9.17, 15) is 14.4 Å². The van der Waals surface area contributed by atoms with Crippen molar-refractivity contribution in [1.82, 2.24) is 0 Å². The highest BCUT2D eigenvalue weighted by atomic mass is 16.1. The summed E-state index contributed by atoms with van der Waals surface area (Å²) in [5.41, 5.74) is 5.21. The Morgan fingerprint density at radius 2 is 1.69 bits per heavy atom. The van der Waals surface area contributed by atoms with Crippen molar-refractivity contribution in [1.29, 1.82) is 0 Å². The average Bonchev–Trinajstić information content (AvgIpc) is 1.96. The number of rotatable bonds is 5. The van der Waals surface area contributed by atoms with Crippen molar-refractivity contribution in [3.05, 3.63) is 11.6 Å². The molecule has 0 unspecified atom stereocenters. The molecule has 0 rings (SSSR count). The van der Waals surface area contributed by atoms with Crippen LogP contribution in [0, 0.1) is 0 Å². The molecule has 0 spiro atoms. The Labute approximate surface area is 76.8 Å². The van der Waals surface area contributed by atoms with Gasteiger partial charge in [-0.15, -0.1) is 0 Å². The molecule has 13 heavy (non-hydrogen) atoms. The lowest BCUT2D eigenvalue weighted by molar-refractivity contribution is -0.119. The van der Waals surface area contributed by atoms with Crippen LogP contribution >= 0.6 is 0 Å². The number of carbonyl (C=O) groups excluding carboxylic acids is 3. The van der Waals surface area contributed by atoms with Gasteiger partial charge in [0.15, 0.2) is 0 Å². The molecule has 4 heteroatoms. The first kappa shape index (κ1) is 11.6. The minimum atomic E-state index is -0.642. The van der Waals surface area contributed by atoms with Gasteiger partial charge in [0.05, 0.1) is 0 Å². The van der Waals surface area contributed by atoms with Crippen LogP contribution in [-0.2, 0) is 14.4 Å². The van der Waals surface area contributed by atoms with Crippen LogP contribution < -0.4 is 5.73 Å². The SMILES string of the molecule is CC(=O)C/C=C(/CC(C)=O)C(N)=O. The smallest absolute Gasteiger partial charge is 0.244 e. The fraction of sp³-hybridized carbons (Fsp3) is 0.444. The summed E-state index contributed by atoms with van der Waals surface area (Å²) in [6.45, 7) is 2.77. The molecule has 0 atom stereocenters. The van der Waals surface area contributed by atoms with Gasteiger partial charge < -0.3 is 5.73 Å². The van der Waals surface area contributed by atoms with Gasteiger partial charge >= 0.3 is 0 Å². The molecular formula is C9H13NO3. The molecule has 0 aromatic carbocycles. The van der Waals surface area contributed by atoms with Crippen molar-refractivity contribution in [3.63, 3.8) is 0 Å². The number of amides is 1. The van der Waals surface area contributed by atoms with Crippen LogP contribution in [0.5, 0.6) is 0 Å². The molecule has 0 aliphatic rings. The van der Waals surface area contributed by atoms with Crippen molar-refractivity contribution < 1.29 is 14.4 Å². The zero-order chi connectivity index (χ0) is 10.4. The number of hydrogen-bond acceptors (Lipinski definition) is 3. The normalized spacial score (nSPS) is 11.1. The maximum absolute atomic E-state index is 10.7. The standard InChI is InChI=1S/C9H13NO3/c1-6(11)3-4-8(9(10)13)5-7(2)12/h4H,3,5H2,1-2H3,(H2,10,13)/b8-4-. The minimum Gasteiger partial charge on any atom is -0.366 e. The third kappa shape index (κ3) is 5.78. The molecule has 0 heterocycles. The minimum absolute atomic E-state index is 0.00259. The summed E-state index contributed by atoms with van der Waals surface area (Å²) in [4.78, 5) is 32.0. The molecule has 0 aliphatic heterocycles. The van der Waals surface area contributed by atoms with E-state index < -0.39 is 5.91 Å². The number of carbonyl (C=O) groups is 3. The van der Waals surface area contributed by atoms with Crippen molar-refractivity contribution in [3.8, 4) is 0 Å². The van der Waals surface area contributed by atoms with Crippen LogP contribution in [0.3, 0.4) is 0 Å². The Morgan fingerprint density at radius 3 is 2.00 bits per heavy atom. The van der Waals surface area contributed by atoms with Crippen LogP contribution in [0.2, 0.25) is 0 Å². The van der Waals surface area contributed by atoms with Gasteiger partial charge in [0.2, 0.25) is 5.91 Å². The third-order valence-corrected chi connectivity index (χ3v) is 1.39.